The van der Waals surface area contributed by atoms with Crippen LogP contribution in [0.3, 0.4) is 0 Å². The van der Waals surface area contributed by atoms with Gasteiger partial charge in [-0.15, -0.1) is 0 Å². The van der Waals surface area contributed by atoms with E-state index >= 15 is 0 Å². The smallest absolute Gasteiger partial charge is 0.124 e. The highest BCUT2D eigenvalue weighted by Crippen LogP contribution is 2.22. The summed E-state index contributed by atoms with van der Waals surface area (Å²) in [5, 5.41) is 18.7. The summed E-state index contributed by atoms with van der Waals surface area (Å²) in [6, 6.07) is 17.4. The van der Waals surface area contributed by atoms with Gasteiger partial charge in [0.2, 0.25) is 0 Å². The molecule has 108 valence electrons. The lowest BCUT2D eigenvalue weighted by Crippen LogP contribution is -2.30. The van der Waals surface area contributed by atoms with E-state index in [1.165, 1.54) is 12.1 Å². The normalized spacial score (nSPS) is 12.1. The maximum Gasteiger partial charge on any atom is 0.124 e. The molecule has 4 heteroatoms. The van der Waals surface area contributed by atoms with Crippen LogP contribution in [-0.2, 0) is 6.54 Å². The van der Waals surface area contributed by atoms with Crippen molar-refractivity contribution in [1.82, 2.24) is 4.90 Å². The standard InChI is InChI=1S/C17H17FN2O/c18-16-8-6-15(7-9-16)17(12-19)20(10-11-21)13-14-4-2-1-3-5-14/h1-9,17,21H,10-11,13H2. The minimum Gasteiger partial charge on any atom is -0.395 e. The Labute approximate surface area is 123 Å². The van der Waals surface area contributed by atoms with Crippen LogP contribution in [-0.4, -0.2) is 23.2 Å². The van der Waals surface area contributed by atoms with Crippen LogP contribution >= 0.6 is 0 Å². The summed E-state index contributed by atoms with van der Waals surface area (Å²) in [6.45, 7) is 0.897. The van der Waals surface area contributed by atoms with E-state index in [9.17, 15) is 14.8 Å². The van der Waals surface area contributed by atoms with Gasteiger partial charge in [0.15, 0.2) is 0 Å². The highest BCUT2D eigenvalue weighted by atomic mass is 19.1. The highest BCUT2D eigenvalue weighted by Gasteiger charge is 2.20. The first kappa shape index (κ1) is 15.2. The number of nitriles is 1. The molecule has 1 unspecified atom stereocenters. The Hall–Kier alpha value is -2.22. The van der Waals surface area contributed by atoms with Gasteiger partial charge in [0.1, 0.15) is 11.9 Å². The monoisotopic (exact) mass is 284 g/mol. The van der Waals surface area contributed by atoms with Crippen molar-refractivity contribution in [3.63, 3.8) is 0 Å². The number of benzene rings is 2. The molecule has 0 saturated carbocycles. The molecule has 1 N–H and O–H groups in total. The van der Waals surface area contributed by atoms with E-state index in [-0.39, 0.29) is 12.4 Å². The van der Waals surface area contributed by atoms with Crippen molar-refractivity contribution in [2.45, 2.75) is 12.6 Å². The Morgan fingerprint density at radius 1 is 1.10 bits per heavy atom. The first-order chi connectivity index (χ1) is 10.2. The summed E-state index contributed by atoms with van der Waals surface area (Å²) in [4.78, 5) is 1.88. The third-order valence-corrected chi connectivity index (χ3v) is 3.29. The van der Waals surface area contributed by atoms with Gasteiger partial charge in [-0.3, -0.25) is 4.90 Å². The van der Waals surface area contributed by atoms with Crippen molar-refractivity contribution in [2.75, 3.05) is 13.2 Å². The summed E-state index contributed by atoms with van der Waals surface area (Å²) in [5.41, 5.74) is 1.79. The topological polar surface area (TPSA) is 47.3 Å². The Morgan fingerprint density at radius 2 is 1.76 bits per heavy atom. The lowest BCUT2D eigenvalue weighted by atomic mass is 10.1. The number of hydrogen-bond acceptors (Lipinski definition) is 3. The minimum absolute atomic E-state index is 0.0355. The number of halogens is 1. The zero-order chi connectivity index (χ0) is 15.1. The average molecular weight is 284 g/mol. The van der Waals surface area contributed by atoms with Crippen LogP contribution in [0.1, 0.15) is 17.2 Å². The van der Waals surface area contributed by atoms with Crippen LogP contribution < -0.4 is 0 Å². The number of rotatable bonds is 6. The van der Waals surface area contributed by atoms with Gasteiger partial charge < -0.3 is 5.11 Å². The number of aliphatic hydroxyl groups excluding tert-OH is 1. The van der Waals surface area contributed by atoms with E-state index in [2.05, 4.69) is 6.07 Å². The van der Waals surface area contributed by atoms with Gasteiger partial charge in [-0.2, -0.15) is 5.26 Å². The molecule has 0 fully saturated rings. The molecule has 1 atom stereocenters. The SMILES string of the molecule is N#CC(c1ccc(F)cc1)N(CCO)Cc1ccccc1. The molecule has 0 amide bonds. The molecular formula is C17H17FN2O. The van der Waals surface area contributed by atoms with E-state index in [0.717, 1.165) is 11.1 Å². The van der Waals surface area contributed by atoms with Crippen LogP contribution in [0.4, 0.5) is 4.39 Å². The molecule has 0 aliphatic carbocycles. The molecule has 0 aliphatic heterocycles. The second-order valence-corrected chi connectivity index (χ2v) is 4.76. The zero-order valence-corrected chi connectivity index (χ0v) is 11.6. The van der Waals surface area contributed by atoms with E-state index < -0.39 is 6.04 Å². The Kier molecular flexibility index (Phi) is 5.44. The highest BCUT2D eigenvalue weighted by molar-refractivity contribution is 5.25. The lowest BCUT2D eigenvalue weighted by molar-refractivity contribution is 0.167. The van der Waals surface area contributed by atoms with Crippen LogP contribution in [0.25, 0.3) is 0 Å². The van der Waals surface area contributed by atoms with Crippen molar-refractivity contribution in [3.05, 3.63) is 71.5 Å². The lowest BCUT2D eigenvalue weighted by Gasteiger charge is -2.26. The van der Waals surface area contributed by atoms with Gasteiger partial charge in [0, 0.05) is 13.1 Å². The summed E-state index contributed by atoms with van der Waals surface area (Å²) in [7, 11) is 0. The van der Waals surface area contributed by atoms with E-state index in [1.807, 2.05) is 35.2 Å². The molecule has 0 aromatic heterocycles. The number of nitrogens with zero attached hydrogens (tertiary/aromatic N) is 2. The Bertz CT molecular complexity index is 592. The van der Waals surface area contributed by atoms with Crippen molar-refractivity contribution in [1.29, 1.82) is 5.26 Å². The van der Waals surface area contributed by atoms with Crippen molar-refractivity contribution in [3.8, 4) is 6.07 Å². The van der Waals surface area contributed by atoms with Crippen LogP contribution in [0.5, 0.6) is 0 Å². The van der Waals surface area contributed by atoms with Gasteiger partial charge >= 0.3 is 0 Å². The predicted molar refractivity (Wildman–Crippen MR) is 78.7 cm³/mol. The van der Waals surface area contributed by atoms with Gasteiger partial charge in [-0.25, -0.2) is 4.39 Å². The first-order valence-electron chi connectivity index (χ1n) is 6.78. The molecule has 2 aromatic rings. The average Bonchev–Trinajstić information content (AvgIpc) is 2.51. The molecule has 3 nitrogen and oxygen atoms in total. The Balaban J connectivity index is 2.22. The predicted octanol–water partition coefficient (Wildman–Crippen LogP) is 2.88. The minimum atomic E-state index is -0.516. The molecule has 2 aromatic carbocycles. The molecule has 0 bridgehead atoms. The van der Waals surface area contributed by atoms with Crippen molar-refractivity contribution < 1.29 is 9.50 Å². The fourth-order valence-electron chi connectivity index (χ4n) is 2.26. The summed E-state index contributed by atoms with van der Waals surface area (Å²) >= 11 is 0. The molecule has 0 radical (unpaired) electrons. The Morgan fingerprint density at radius 3 is 2.33 bits per heavy atom. The van der Waals surface area contributed by atoms with Gasteiger partial charge in [0.05, 0.1) is 12.7 Å². The third kappa shape index (κ3) is 4.12. The molecule has 0 heterocycles. The quantitative estimate of drug-likeness (QED) is 0.887. The van der Waals surface area contributed by atoms with Crippen LogP contribution in [0.2, 0.25) is 0 Å². The number of aliphatic hydroxyl groups is 1. The molecule has 0 saturated heterocycles. The van der Waals surface area contributed by atoms with Gasteiger partial charge in [-0.05, 0) is 23.3 Å². The first-order valence-corrected chi connectivity index (χ1v) is 6.78. The third-order valence-electron chi connectivity index (χ3n) is 3.29. The van der Waals surface area contributed by atoms with E-state index in [0.29, 0.717) is 13.1 Å². The molecule has 2 rings (SSSR count). The summed E-state index contributed by atoms with van der Waals surface area (Å²) < 4.78 is 13.0. The van der Waals surface area contributed by atoms with E-state index in [4.69, 9.17) is 0 Å². The van der Waals surface area contributed by atoms with Crippen LogP contribution in [0.15, 0.2) is 54.6 Å². The van der Waals surface area contributed by atoms with Gasteiger partial charge in [-0.1, -0.05) is 42.5 Å². The van der Waals surface area contributed by atoms with Crippen LogP contribution in [0, 0.1) is 17.1 Å². The molecule has 0 aliphatic rings. The van der Waals surface area contributed by atoms with Crippen molar-refractivity contribution >= 4 is 0 Å². The fourth-order valence-corrected chi connectivity index (χ4v) is 2.26. The maximum absolute atomic E-state index is 13.0. The molecule has 0 spiro atoms. The largest absolute Gasteiger partial charge is 0.395 e. The summed E-state index contributed by atoms with van der Waals surface area (Å²) in [5.74, 6) is -0.327. The second kappa shape index (κ2) is 7.53. The molecular weight excluding hydrogens is 267 g/mol. The maximum atomic E-state index is 13.0. The zero-order valence-electron chi connectivity index (χ0n) is 11.6. The van der Waals surface area contributed by atoms with Gasteiger partial charge in [0.25, 0.3) is 0 Å². The van der Waals surface area contributed by atoms with Crippen molar-refractivity contribution in [2.24, 2.45) is 0 Å². The second-order valence-electron chi connectivity index (χ2n) is 4.76. The molecule has 21 heavy (non-hydrogen) atoms. The fraction of sp³-hybridized carbons (Fsp3) is 0.235. The number of hydrogen-bond donors (Lipinski definition) is 1. The van der Waals surface area contributed by atoms with E-state index in [1.54, 1.807) is 12.1 Å². The summed E-state index contributed by atoms with van der Waals surface area (Å²) in [6.07, 6.45) is 0.